The third-order valence-corrected chi connectivity index (χ3v) is 3.87. The zero-order valence-corrected chi connectivity index (χ0v) is 18.8. The molecular formula is C18H32ClIN4O. The van der Waals surface area contributed by atoms with E-state index in [0.29, 0.717) is 11.1 Å². The zero-order chi connectivity index (χ0) is 17.8. The fourth-order valence-electron chi connectivity index (χ4n) is 2.35. The topological polar surface area (TPSA) is 58.5 Å². The van der Waals surface area contributed by atoms with Gasteiger partial charge in [0, 0.05) is 32.4 Å². The van der Waals surface area contributed by atoms with Crippen molar-refractivity contribution in [3.8, 4) is 0 Å². The molecule has 0 amide bonds. The van der Waals surface area contributed by atoms with Crippen molar-refractivity contribution in [2.75, 3.05) is 26.2 Å². The van der Waals surface area contributed by atoms with E-state index in [0.717, 1.165) is 50.6 Å². The lowest BCUT2D eigenvalue weighted by Crippen LogP contribution is -2.38. The van der Waals surface area contributed by atoms with Crippen molar-refractivity contribution in [2.45, 2.75) is 46.6 Å². The molecule has 1 unspecified atom stereocenters. The second-order valence-electron chi connectivity index (χ2n) is 5.95. The van der Waals surface area contributed by atoms with Crippen LogP contribution in [0.1, 0.15) is 39.7 Å². The van der Waals surface area contributed by atoms with Gasteiger partial charge in [0.2, 0.25) is 0 Å². The minimum absolute atomic E-state index is 0. The summed E-state index contributed by atoms with van der Waals surface area (Å²) in [5.74, 6) is 1.35. The van der Waals surface area contributed by atoms with Gasteiger partial charge in [-0.2, -0.15) is 0 Å². The van der Waals surface area contributed by atoms with Gasteiger partial charge in [-0.25, -0.2) is 4.98 Å². The van der Waals surface area contributed by atoms with Gasteiger partial charge in [0.15, 0.2) is 5.96 Å². The first-order valence-corrected chi connectivity index (χ1v) is 9.18. The number of rotatable bonds is 10. The molecule has 1 atom stereocenters. The molecule has 144 valence electrons. The predicted molar refractivity (Wildman–Crippen MR) is 117 cm³/mol. The minimum atomic E-state index is 0. The summed E-state index contributed by atoms with van der Waals surface area (Å²) in [6, 6.07) is 3.81. The molecule has 0 aliphatic rings. The van der Waals surface area contributed by atoms with Gasteiger partial charge in [0.05, 0.1) is 6.10 Å². The second-order valence-corrected chi connectivity index (χ2v) is 6.34. The van der Waals surface area contributed by atoms with Gasteiger partial charge >= 0.3 is 0 Å². The van der Waals surface area contributed by atoms with E-state index in [1.807, 2.05) is 25.3 Å². The van der Waals surface area contributed by atoms with Crippen molar-refractivity contribution in [2.24, 2.45) is 10.9 Å². The van der Waals surface area contributed by atoms with Gasteiger partial charge in [-0.1, -0.05) is 31.5 Å². The van der Waals surface area contributed by atoms with Gasteiger partial charge in [0.25, 0.3) is 0 Å². The van der Waals surface area contributed by atoms with Crippen LogP contribution in [0.15, 0.2) is 23.3 Å². The summed E-state index contributed by atoms with van der Waals surface area (Å²) >= 11 is 5.80. The lowest BCUT2D eigenvalue weighted by molar-refractivity contribution is 0.0266. The van der Waals surface area contributed by atoms with Crippen LogP contribution < -0.4 is 10.6 Å². The average Bonchev–Trinajstić information content (AvgIpc) is 2.55. The second kappa shape index (κ2) is 14.6. The number of nitrogens with one attached hydrogen (secondary N) is 2. The van der Waals surface area contributed by atoms with E-state index in [4.69, 9.17) is 16.3 Å². The Bertz CT molecular complexity index is 482. The average molecular weight is 483 g/mol. The quantitative estimate of drug-likeness (QED) is 0.230. The molecule has 0 saturated carbocycles. The first-order chi connectivity index (χ1) is 11.6. The van der Waals surface area contributed by atoms with E-state index in [-0.39, 0.29) is 30.1 Å². The molecule has 0 fully saturated rings. The summed E-state index contributed by atoms with van der Waals surface area (Å²) in [6.45, 7) is 11.6. The van der Waals surface area contributed by atoms with E-state index < -0.39 is 0 Å². The van der Waals surface area contributed by atoms with Crippen LogP contribution in [0.25, 0.3) is 0 Å². The summed E-state index contributed by atoms with van der Waals surface area (Å²) in [5, 5.41) is 7.15. The monoisotopic (exact) mass is 482 g/mol. The maximum Gasteiger partial charge on any atom is 0.191 e. The van der Waals surface area contributed by atoms with Gasteiger partial charge in [-0.15, -0.1) is 24.0 Å². The SMILES string of the molecule is CCNC(=NCCC(OCC)C(C)C)NCCc1ccc(Cl)nc1.I. The molecule has 1 aromatic heterocycles. The number of ether oxygens (including phenoxy) is 1. The van der Waals surface area contributed by atoms with E-state index in [1.165, 1.54) is 0 Å². The minimum Gasteiger partial charge on any atom is -0.378 e. The number of aromatic nitrogens is 1. The van der Waals surface area contributed by atoms with Crippen LogP contribution >= 0.6 is 35.6 Å². The van der Waals surface area contributed by atoms with Crippen molar-refractivity contribution in [1.82, 2.24) is 15.6 Å². The molecule has 0 spiro atoms. The molecule has 0 bridgehead atoms. The molecule has 2 N–H and O–H groups in total. The van der Waals surface area contributed by atoms with Crippen molar-refractivity contribution in [3.05, 3.63) is 29.0 Å². The van der Waals surface area contributed by atoms with Crippen molar-refractivity contribution >= 4 is 41.5 Å². The van der Waals surface area contributed by atoms with Gasteiger partial charge in [-0.3, -0.25) is 4.99 Å². The molecular weight excluding hydrogens is 451 g/mol. The highest BCUT2D eigenvalue weighted by molar-refractivity contribution is 14.0. The van der Waals surface area contributed by atoms with Crippen molar-refractivity contribution < 1.29 is 4.74 Å². The van der Waals surface area contributed by atoms with Crippen LogP contribution in [-0.2, 0) is 11.2 Å². The van der Waals surface area contributed by atoms with Crippen LogP contribution in [0.2, 0.25) is 5.15 Å². The number of guanidine groups is 1. The Morgan fingerprint density at radius 1 is 1.28 bits per heavy atom. The number of halogens is 2. The van der Waals surface area contributed by atoms with Crippen LogP contribution in [-0.4, -0.2) is 43.3 Å². The van der Waals surface area contributed by atoms with E-state index in [1.54, 1.807) is 0 Å². The molecule has 0 saturated heterocycles. The molecule has 0 aliphatic carbocycles. The van der Waals surface area contributed by atoms with Crippen LogP contribution in [0, 0.1) is 5.92 Å². The number of pyridine rings is 1. The standard InChI is InChI=1S/C18H31ClN4O.HI/c1-5-20-18(22-12-10-16(14(3)4)24-6-2)21-11-9-15-7-8-17(19)23-13-15;/h7-8,13-14,16H,5-6,9-12H2,1-4H3,(H2,20,21,22);1H. The van der Waals surface area contributed by atoms with Gasteiger partial charge in [-0.05, 0) is 44.2 Å². The van der Waals surface area contributed by atoms with Crippen LogP contribution in [0.4, 0.5) is 0 Å². The Morgan fingerprint density at radius 2 is 2.04 bits per heavy atom. The summed E-state index contributed by atoms with van der Waals surface area (Å²) in [4.78, 5) is 8.73. The summed E-state index contributed by atoms with van der Waals surface area (Å²) < 4.78 is 5.77. The highest BCUT2D eigenvalue weighted by Gasteiger charge is 2.12. The predicted octanol–water partition coefficient (Wildman–Crippen LogP) is 3.90. The molecule has 7 heteroatoms. The largest absolute Gasteiger partial charge is 0.378 e. The van der Waals surface area contributed by atoms with E-state index >= 15 is 0 Å². The highest BCUT2D eigenvalue weighted by atomic mass is 127. The molecule has 25 heavy (non-hydrogen) atoms. The molecule has 1 aromatic rings. The molecule has 0 radical (unpaired) electrons. The first kappa shape index (κ1) is 24.4. The number of hydrogen-bond acceptors (Lipinski definition) is 3. The highest BCUT2D eigenvalue weighted by Crippen LogP contribution is 2.10. The molecule has 0 aromatic carbocycles. The molecule has 1 rings (SSSR count). The van der Waals surface area contributed by atoms with Crippen LogP contribution in [0.5, 0.6) is 0 Å². The Morgan fingerprint density at radius 3 is 2.60 bits per heavy atom. The molecule has 5 nitrogen and oxygen atoms in total. The Kier molecular flexibility index (Phi) is 14.2. The third-order valence-electron chi connectivity index (χ3n) is 3.65. The zero-order valence-electron chi connectivity index (χ0n) is 15.7. The maximum absolute atomic E-state index is 5.80. The van der Waals surface area contributed by atoms with Crippen molar-refractivity contribution in [3.63, 3.8) is 0 Å². The third kappa shape index (κ3) is 10.9. The van der Waals surface area contributed by atoms with Gasteiger partial charge in [0.1, 0.15) is 5.15 Å². The Labute approximate surface area is 174 Å². The van der Waals surface area contributed by atoms with E-state index in [9.17, 15) is 0 Å². The fraction of sp³-hybridized carbons (Fsp3) is 0.667. The summed E-state index contributed by atoms with van der Waals surface area (Å²) in [6.07, 6.45) is 3.89. The summed E-state index contributed by atoms with van der Waals surface area (Å²) in [5.41, 5.74) is 1.15. The maximum atomic E-state index is 5.80. The van der Waals surface area contributed by atoms with Crippen molar-refractivity contribution in [1.29, 1.82) is 0 Å². The molecule has 0 aliphatic heterocycles. The lowest BCUT2D eigenvalue weighted by Gasteiger charge is -2.20. The lowest BCUT2D eigenvalue weighted by atomic mass is 10.0. The van der Waals surface area contributed by atoms with Gasteiger partial charge < -0.3 is 15.4 Å². The normalized spacial score (nSPS) is 12.6. The first-order valence-electron chi connectivity index (χ1n) is 8.81. The smallest absolute Gasteiger partial charge is 0.191 e. The number of nitrogens with zero attached hydrogens (tertiary/aromatic N) is 2. The Balaban J connectivity index is 0.00000576. The van der Waals surface area contributed by atoms with Crippen LogP contribution in [0.3, 0.4) is 0 Å². The number of aliphatic imine (C=N–C) groups is 1. The Hall–Kier alpha value is -0.600. The number of hydrogen-bond donors (Lipinski definition) is 2. The summed E-state index contributed by atoms with van der Waals surface area (Å²) in [7, 11) is 0. The molecule has 1 heterocycles. The fourth-order valence-corrected chi connectivity index (χ4v) is 2.46. The van der Waals surface area contributed by atoms with E-state index in [2.05, 4.69) is 41.4 Å².